The van der Waals surface area contributed by atoms with E-state index in [0.29, 0.717) is 0 Å². The van der Waals surface area contributed by atoms with Crippen molar-refractivity contribution in [3.8, 4) is 0 Å². The fourth-order valence-electron chi connectivity index (χ4n) is 2.58. The first-order valence-corrected chi connectivity index (χ1v) is 6.25. The second-order valence-corrected chi connectivity index (χ2v) is 4.84. The number of rotatable bonds is 2. The maximum absolute atomic E-state index is 5.79. The monoisotopic (exact) mass is 230 g/mol. The summed E-state index contributed by atoms with van der Waals surface area (Å²) in [4.78, 5) is 0. The molecule has 17 heavy (non-hydrogen) atoms. The van der Waals surface area contributed by atoms with E-state index < -0.39 is 0 Å². The molecule has 0 bridgehead atoms. The zero-order chi connectivity index (χ0) is 11.7. The highest BCUT2D eigenvalue weighted by Crippen LogP contribution is 2.23. The molecule has 0 amide bonds. The topological polar surface area (TPSA) is 40.2 Å². The van der Waals surface area contributed by atoms with Gasteiger partial charge in [0.1, 0.15) is 0 Å². The number of benzene rings is 1. The summed E-state index contributed by atoms with van der Waals surface area (Å²) < 4.78 is 7.73. The number of aromatic nitrogens is 1. The van der Waals surface area contributed by atoms with Gasteiger partial charge in [-0.25, -0.2) is 0 Å². The van der Waals surface area contributed by atoms with Gasteiger partial charge >= 0.3 is 0 Å². The minimum absolute atomic E-state index is 0.747. The lowest BCUT2D eigenvalue weighted by molar-refractivity contribution is 0.0616. The number of fused-ring (bicyclic) bond motifs is 1. The fourth-order valence-corrected chi connectivity index (χ4v) is 2.58. The highest BCUT2D eigenvalue weighted by molar-refractivity contribution is 5.83. The number of nitrogens with zero attached hydrogens (tertiary/aromatic N) is 1. The van der Waals surface area contributed by atoms with Crippen LogP contribution in [0.1, 0.15) is 12.8 Å². The molecule has 2 aromatic rings. The molecular weight excluding hydrogens is 212 g/mol. The summed E-state index contributed by atoms with van der Waals surface area (Å²) in [5.74, 6) is 0.747. The van der Waals surface area contributed by atoms with Gasteiger partial charge in [-0.2, -0.15) is 0 Å². The maximum Gasteiger partial charge on any atom is 0.0481 e. The predicted octanol–water partition coefficient (Wildman–Crippen LogP) is 2.65. The van der Waals surface area contributed by atoms with Crippen molar-refractivity contribution in [1.82, 2.24) is 4.57 Å². The minimum atomic E-state index is 0.747. The molecule has 1 fully saturated rings. The Balaban J connectivity index is 1.84. The second-order valence-electron chi connectivity index (χ2n) is 4.84. The summed E-state index contributed by atoms with van der Waals surface area (Å²) in [6.45, 7) is 2.92. The lowest BCUT2D eigenvalue weighted by Gasteiger charge is -2.22. The van der Waals surface area contributed by atoms with Crippen LogP contribution in [0.3, 0.4) is 0 Å². The Labute approximate surface area is 101 Å². The second kappa shape index (κ2) is 4.41. The number of hydrogen-bond donors (Lipinski definition) is 1. The van der Waals surface area contributed by atoms with Gasteiger partial charge in [0.05, 0.1) is 0 Å². The third-order valence-electron chi connectivity index (χ3n) is 3.59. The Kier molecular flexibility index (Phi) is 2.77. The summed E-state index contributed by atoms with van der Waals surface area (Å²) in [5, 5.41) is 1.23. The molecule has 0 spiro atoms. The van der Waals surface area contributed by atoms with Crippen LogP contribution >= 0.6 is 0 Å². The average molecular weight is 230 g/mol. The molecular formula is C14H18N2O. The molecule has 1 aliphatic rings. The molecule has 1 saturated heterocycles. The van der Waals surface area contributed by atoms with Crippen molar-refractivity contribution in [2.45, 2.75) is 19.4 Å². The van der Waals surface area contributed by atoms with Crippen molar-refractivity contribution in [2.24, 2.45) is 5.92 Å². The van der Waals surface area contributed by atoms with Gasteiger partial charge in [-0.3, -0.25) is 0 Å². The highest BCUT2D eigenvalue weighted by Gasteiger charge is 2.14. The Morgan fingerprint density at radius 1 is 1.24 bits per heavy atom. The van der Waals surface area contributed by atoms with Gasteiger partial charge in [0, 0.05) is 42.5 Å². The number of ether oxygens (including phenoxy) is 1. The summed E-state index contributed by atoms with van der Waals surface area (Å²) in [5.41, 5.74) is 7.91. The van der Waals surface area contributed by atoms with Crippen molar-refractivity contribution in [3.63, 3.8) is 0 Å². The van der Waals surface area contributed by atoms with E-state index in [-0.39, 0.29) is 0 Å². The third kappa shape index (κ3) is 2.15. The van der Waals surface area contributed by atoms with Gasteiger partial charge in [0.25, 0.3) is 0 Å². The number of hydrogen-bond acceptors (Lipinski definition) is 2. The molecule has 0 aliphatic carbocycles. The van der Waals surface area contributed by atoms with Gasteiger partial charge in [-0.05, 0) is 43.0 Å². The molecule has 0 atom stereocenters. The molecule has 90 valence electrons. The van der Waals surface area contributed by atoms with Crippen LogP contribution < -0.4 is 5.73 Å². The first-order chi connectivity index (χ1) is 8.33. The van der Waals surface area contributed by atoms with E-state index in [9.17, 15) is 0 Å². The van der Waals surface area contributed by atoms with Gasteiger partial charge < -0.3 is 15.0 Å². The first kappa shape index (κ1) is 10.7. The summed E-state index contributed by atoms with van der Waals surface area (Å²) in [6.07, 6.45) is 4.52. The average Bonchev–Trinajstić information content (AvgIpc) is 2.73. The van der Waals surface area contributed by atoms with Crippen molar-refractivity contribution in [2.75, 3.05) is 18.9 Å². The van der Waals surface area contributed by atoms with Crippen LogP contribution in [-0.2, 0) is 11.3 Å². The molecule has 2 heterocycles. The molecule has 2 N–H and O–H groups in total. The molecule has 3 nitrogen and oxygen atoms in total. The van der Waals surface area contributed by atoms with E-state index in [1.54, 1.807) is 0 Å². The fraction of sp³-hybridized carbons (Fsp3) is 0.429. The zero-order valence-electron chi connectivity index (χ0n) is 9.93. The quantitative estimate of drug-likeness (QED) is 0.806. The summed E-state index contributed by atoms with van der Waals surface area (Å²) >= 11 is 0. The number of nitrogen functional groups attached to an aromatic ring is 1. The maximum atomic E-state index is 5.79. The minimum Gasteiger partial charge on any atom is -0.399 e. The van der Waals surface area contributed by atoms with Crippen LogP contribution in [0.15, 0.2) is 30.5 Å². The third-order valence-corrected chi connectivity index (χ3v) is 3.59. The predicted molar refractivity (Wildman–Crippen MR) is 69.9 cm³/mol. The Hall–Kier alpha value is -1.48. The SMILES string of the molecule is Nc1ccc2c(ccn2CC2CCOCC2)c1. The Morgan fingerprint density at radius 2 is 2.06 bits per heavy atom. The molecule has 1 aromatic carbocycles. The van der Waals surface area contributed by atoms with Gasteiger partial charge in [-0.15, -0.1) is 0 Å². The van der Waals surface area contributed by atoms with Gasteiger partial charge in [0.2, 0.25) is 0 Å². The number of nitrogens with two attached hydrogens (primary N) is 1. The molecule has 0 unspecified atom stereocenters. The smallest absolute Gasteiger partial charge is 0.0481 e. The van der Waals surface area contributed by atoms with Crippen molar-refractivity contribution in [3.05, 3.63) is 30.5 Å². The summed E-state index contributed by atoms with van der Waals surface area (Å²) in [7, 11) is 0. The Morgan fingerprint density at radius 3 is 2.88 bits per heavy atom. The standard InChI is InChI=1S/C14H18N2O/c15-13-1-2-14-12(9-13)3-6-16(14)10-11-4-7-17-8-5-11/h1-3,6,9,11H,4-5,7-8,10,15H2. The van der Waals surface area contributed by atoms with Crippen LogP contribution in [0.4, 0.5) is 5.69 Å². The molecule has 0 radical (unpaired) electrons. The first-order valence-electron chi connectivity index (χ1n) is 6.25. The lowest BCUT2D eigenvalue weighted by Crippen LogP contribution is -2.19. The van der Waals surface area contributed by atoms with Crippen molar-refractivity contribution < 1.29 is 4.74 Å². The zero-order valence-corrected chi connectivity index (χ0v) is 9.93. The lowest BCUT2D eigenvalue weighted by atomic mass is 10.0. The Bertz CT molecular complexity index is 512. The van der Waals surface area contributed by atoms with E-state index in [0.717, 1.165) is 31.4 Å². The van der Waals surface area contributed by atoms with E-state index in [4.69, 9.17) is 10.5 Å². The molecule has 3 heteroatoms. The van der Waals surface area contributed by atoms with E-state index >= 15 is 0 Å². The van der Waals surface area contributed by atoms with Crippen LogP contribution in [0.2, 0.25) is 0 Å². The van der Waals surface area contributed by atoms with Crippen LogP contribution in [0, 0.1) is 5.92 Å². The van der Waals surface area contributed by atoms with Crippen LogP contribution in [-0.4, -0.2) is 17.8 Å². The van der Waals surface area contributed by atoms with Gasteiger partial charge in [0.15, 0.2) is 0 Å². The van der Waals surface area contributed by atoms with E-state index in [2.05, 4.69) is 22.9 Å². The molecule has 1 aliphatic heterocycles. The molecule has 0 saturated carbocycles. The largest absolute Gasteiger partial charge is 0.399 e. The highest BCUT2D eigenvalue weighted by atomic mass is 16.5. The van der Waals surface area contributed by atoms with Crippen molar-refractivity contribution in [1.29, 1.82) is 0 Å². The van der Waals surface area contributed by atoms with E-state index in [1.165, 1.54) is 23.7 Å². The van der Waals surface area contributed by atoms with Gasteiger partial charge in [-0.1, -0.05) is 0 Å². The normalized spacial score (nSPS) is 17.6. The van der Waals surface area contributed by atoms with Crippen LogP contribution in [0.25, 0.3) is 10.9 Å². The van der Waals surface area contributed by atoms with Crippen LogP contribution in [0.5, 0.6) is 0 Å². The number of anilines is 1. The molecule has 1 aromatic heterocycles. The van der Waals surface area contributed by atoms with Crippen molar-refractivity contribution >= 4 is 16.6 Å². The summed E-state index contributed by atoms with van der Waals surface area (Å²) in [6, 6.07) is 8.27. The van der Waals surface area contributed by atoms with E-state index in [1.807, 2.05) is 12.1 Å². The molecule has 3 rings (SSSR count).